The number of hydrogen-bond acceptors (Lipinski definition) is 2. The van der Waals surface area contributed by atoms with E-state index in [1.165, 1.54) is 6.20 Å². The Morgan fingerprint density at radius 2 is 2.20 bits per heavy atom. The molecule has 0 radical (unpaired) electrons. The van der Waals surface area contributed by atoms with Crippen LogP contribution in [0.3, 0.4) is 0 Å². The second-order valence-electron chi connectivity index (χ2n) is 2.21. The van der Waals surface area contributed by atoms with Crippen molar-refractivity contribution in [2.45, 2.75) is 13.8 Å². The van der Waals surface area contributed by atoms with E-state index >= 15 is 0 Å². The Hall–Kier alpha value is -1.32. The first-order chi connectivity index (χ1) is 4.61. The molecule has 0 saturated carbocycles. The summed E-state index contributed by atoms with van der Waals surface area (Å²) >= 11 is 0. The van der Waals surface area contributed by atoms with Gasteiger partial charge in [-0.15, -0.1) is 4.73 Å². The van der Waals surface area contributed by atoms with Crippen molar-refractivity contribution < 1.29 is 10.2 Å². The fourth-order valence-electron chi connectivity index (χ4n) is 0.795. The largest absolute Gasteiger partial charge is 0.425 e. The molecule has 0 unspecified atom stereocenters. The van der Waals surface area contributed by atoms with Gasteiger partial charge in [0.1, 0.15) is 6.20 Å². The van der Waals surface area contributed by atoms with Crippen molar-refractivity contribution in [3.63, 3.8) is 0 Å². The van der Waals surface area contributed by atoms with Crippen LogP contribution in [0.25, 0.3) is 0 Å². The van der Waals surface area contributed by atoms with E-state index in [1.807, 2.05) is 0 Å². The molecule has 1 rings (SSSR count). The molecular formula is C6H9N2O2+. The van der Waals surface area contributed by atoms with Crippen molar-refractivity contribution >= 4 is 0 Å². The van der Waals surface area contributed by atoms with Crippen LogP contribution in [0.2, 0.25) is 0 Å². The minimum absolute atomic E-state index is 0.411. The van der Waals surface area contributed by atoms with Crippen LogP contribution in [0.15, 0.2) is 11.0 Å². The Morgan fingerprint density at radius 3 is 2.70 bits per heavy atom. The van der Waals surface area contributed by atoms with Gasteiger partial charge in [-0.2, -0.15) is 0 Å². The fraction of sp³-hybridized carbons (Fsp3) is 0.333. The van der Waals surface area contributed by atoms with Gasteiger partial charge in [-0.05, 0) is 0 Å². The molecule has 0 aromatic carbocycles. The summed E-state index contributed by atoms with van der Waals surface area (Å²) in [6, 6.07) is 0. The monoisotopic (exact) mass is 141 g/mol. The zero-order valence-corrected chi connectivity index (χ0v) is 5.88. The summed E-state index contributed by atoms with van der Waals surface area (Å²) in [6.07, 6.45) is 1.33. The number of aromatic amines is 1. The minimum atomic E-state index is -0.411. The van der Waals surface area contributed by atoms with Crippen molar-refractivity contribution in [2.75, 3.05) is 0 Å². The van der Waals surface area contributed by atoms with Gasteiger partial charge < -0.3 is 5.21 Å². The quantitative estimate of drug-likeness (QED) is 0.496. The van der Waals surface area contributed by atoms with Gasteiger partial charge in [-0.3, -0.25) is 4.79 Å². The molecule has 4 nitrogen and oxygen atoms in total. The minimum Gasteiger partial charge on any atom is -0.425 e. The third-order valence-corrected chi connectivity index (χ3v) is 1.23. The summed E-state index contributed by atoms with van der Waals surface area (Å²) in [6.45, 7) is 3.38. The highest BCUT2D eigenvalue weighted by molar-refractivity contribution is 4.89. The van der Waals surface area contributed by atoms with Gasteiger partial charge in [0, 0.05) is 13.8 Å². The topological polar surface area (TPSA) is 56.4 Å². The van der Waals surface area contributed by atoms with Crippen LogP contribution in [0.4, 0.5) is 0 Å². The van der Waals surface area contributed by atoms with Crippen LogP contribution in [0.1, 0.15) is 11.4 Å². The smallest absolute Gasteiger partial charge is 0.349 e. The Kier molecular flexibility index (Phi) is 1.45. The number of nitrogens with one attached hydrogen (secondary N) is 1. The highest BCUT2D eigenvalue weighted by atomic mass is 16.5. The van der Waals surface area contributed by atoms with Gasteiger partial charge >= 0.3 is 5.56 Å². The third-order valence-electron chi connectivity index (χ3n) is 1.23. The van der Waals surface area contributed by atoms with E-state index in [0.717, 1.165) is 5.69 Å². The molecule has 0 bridgehead atoms. The first kappa shape index (κ1) is 6.80. The first-order valence-corrected chi connectivity index (χ1v) is 2.92. The van der Waals surface area contributed by atoms with Crippen LogP contribution in [-0.2, 0) is 0 Å². The second kappa shape index (κ2) is 2.13. The van der Waals surface area contributed by atoms with Gasteiger partial charge in [0.15, 0.2) is 5.69 Å². The molecule has 1 aromatic rings. The maximum absolute atomic E-state index is 10.8. The highest BCUT2D eigenvalue weighted by Crippen LogP contribution is 1.80. The number of rotatable bonds is 0. The molecular weight excluding hydrogens is 132 g/mol. The Balaban J connectivity index is 3.46. The van der Waals surface area contributed by atoms with E-state index in [9.17, 15) is 4.79 Å². The maximum atomic E-state index is 10.8. The van der Waals surface area contributed by atoms with E-state index in [1.54, 1.807) is 13.8 Å². The Morgan fingerprint density at radius 1 is 1.60 bits per heavy atom. The van der Waals surface area contributed by atoms with Crippen molar-refractivity contribution in [1.82, 2.24) is 4.73 Å². The normalized spacial score (nSPS) is 9.80. The molecule has 1 aromatic heterocycles. The molecule has 54 valence electrons. The van der Waals surface area contributed by atoms with Gasteiger partial charge in [-0.25, -0.2) is 4.98 Å². The predicted octanol–water partition coefficient (Wildman–Crippen LogP) is -0.483. The van der Waals surface area contributed by atoms with Gasteiger partial charge in [-0.1, -0.05) is 0 Å². The number of aromatic nitrogens is 2. The molecule has 0 saturated heterocycles. The average molecular weight is 141 g/mol. The van der Waals surface area contributed by atoms with Crippen LogP contribution < -0.4 is 10.5 Å². The summed E-state index contributed by atoms with van der Waals surface area (Å²) in [5.74, 6) is 0. The average Bonchev–Trinajstić information content (AvgIpc) is 1.82. The van der Waals surface area contributed by atoms with Crippen molar-refractivity contribution in [3.05, 3.63) is 27.9 Å². The van der Waals surface area contributed by atoms with Crippen LogP contribution in [0, 0.1) is 13.8 Å². The summed E-state index contributed by atoms with van der Waals surface area (Å²) in [7, 11) is 0. The molecule has 0 aliphatic heterocycles. The van der Waals surface area contributed by atoms with E-state index in [2.05, 4.69) is 4.98 Å². The number of H-pyrrole nitrogens is 1. The van der Waals surface area contributed by atoms with Gasteiger partial charge in [0.05, 0.1) is 0 Å². The Labute approximate surface area is 57.7 Å². The molecule has 0 amide bonds. The van der Waals surface area contributed by atoms with Crippen molar-refractivity contribution in [3.8, 4) is 0 Å². The molecule has 0 spiro atoms. The molecule has 2 N–H and O–H groups in total. The summed E-state index contributed by atoms with van der Waals surface area (Å²) in [4.78, 5) is 13.6. The second-order valence-corrected chi connectivity index (χ2v) is 2.21. The number of nitrogens with zero attached hydrogens (tertiary/aromatic N) is 1. The van der Waals surface area contributed by atoms with Crippen molar-refractivity contribution in [1.29, 1.82) is 0 Å². The zero-order chi connectivity index (χ0) is 7.72. The lowest BCUT2D eigenvalue weighted by molar-refractivity contribution is -0.401. The third kappa shape index (κ3) is 1.00. The molecule has 0 aliphatic carbocycles. The Bertz CT molecular complexity index is 277. The molecule has 1 heterocycles. The van der Waals surface area contributed by atoms with E-state index < -0.39 is 5.56 Å². The lowest BCUT2D eigenvalue weighted by atomic mass is 10.4. The summed E-state index contributed by atoms with van der Waals surface area (Å²) < 4.78 is 0.571. The SMILES string of the molecule is Cc1cn(O)c(=O)c(C)[nH+]1. The van der Waals surface area contributed by atoms with E-state index in [0.29, 0.717) is 10.4 Å². The number of hydrogen-bond donors (Lipinski definition) is 1. The first-order valence-electron chi connectivity index (χ1n) is 2.92. The van der Waals surface area contributed by atoms with Crippen LogP contribution >= 0.6 is 0 Å². The summed E-state index contributed by atoms with van der Waals surface area (Å²) in [5, 5.41) is 8.87. The molecule has 4 heteroatoms. The maximum Gasteiger partial charge on any atom is 0.349 e. The molecule has 10 heavy (non-hydrogen) atoms. The lowest BCUT2D eigenvalue weighted by Gasteiger charge is -1.92. The fourth-order valence-corrected chi connectivity index (χ4v) is 0.795. The van der Waals surface area contributed by atoms with Crippen LogP contribution in [0.5, 0.6) is 0 Å². The van der Waals surface area contributed by atoms with Gasteiger partial charge in [0.25, 0.3) is 0 Å². The van der Waals surface area contributed by atoms with E-state index in [-0.39, 0.29) is 0 Å². The highest BCUT2D eigenvalue weighted by Gasteiger charge is 2.05. The predicted molar refractivity (Wildman–Crippen MR) is 33.9 cm³/mol. The van der Waals surface area contributed by atoms with Crippen LogP contribution in [-0.4, -0.2) is 9.94 Å². The van der Waals surface area contributed by atoms with Crippen molar-refractivity contribution in [2.24, 2.45) is 0 Å². The zero-order valence-electron chi connectivity index (χ0n) is 5.88. The number of aryl methyl sites for hydroxylation is 2. The lowest BCUT2D eigenvalue weighted by Crippen LogP contribution is -2.30. The molecule has 0 aliphatic rings. The summed E-state index contributed by atoms with van der Waals surface area (Å²) in [5.41, 5.74) is 0.771. The standard InChI is InChI=1S/C6H8N2O2/c1-4-3-8(10)6(9)5(2)7-4/h3,10H,1-2H3/p+1. The van der Waals surface area contributed by atoms with Gasteiger partial charge in [0.2, 0.25) is 5.69 Å². The van der Waals surface area contributed by atoms with E-state index in [4.69, 9.17) is 5.21 Å². The molecule has 0 fully saturated rings. The molecule has 0 atom stereocenters.